The van der Waals surface area contributed by atoms with Gasteiger partial charge in [0.25, 0.3) is 0 Å². The summed E-state index contributed by atoms with van der Waals surface area (Å²) in [4.78, 5) is 0. The smallest absolute Gasteiger partial charge is 0.185 e. The van der Waals surface area contributed by atoms with E-state index in [9.17, 15) is 0 Å². The van der Waals surface area contributed by atoms with Crippen LogP contribution in [0.15, 0.2) is 60.0 Å². The van der Waals surface area contributed by atoms with Crippen LogP contribution in [0.3, 0.4) is 0 Å². The molecule has 2 heterocycles. The van der Waals surface area contributed by atoms with Crippen LogP contribution >= 0.6 is 0 Å². The van der Waals surface area contributed by atoms with Crippen LogP contribution in [0.1, 0.15) is 12.5 Å². The van der Waals surface area contributed by atoms with Crippen molar-refractivity contribution in [3.05, 3.63) is 60.4 Å². The fourth-order valence-corrected chi connectivity index (χ4v) is 2.65. The van der Waals surface area contributed by atoms with Gasteiger partial charge in [-0.15, -0.1) is 15.3 Å². The molecule has 0 aliphatic carbocycles. The number of rotatable bonds is 5. The lowest BCUT2D eigenvalue weighted by atomic mass is 10.2. The molecule has 7 heteroatoms. The summed E-state index contributed by atoms with van der Waals surface area (Å²) >= 11 is 0. The van der Waals surface area contributed by atoms with Crippen molar-refractivity contribution in [2.24, 2.45) is 5.10 Å². The second kappa shape index (κ2) is 6.56. The highest BCUT2D eigenvalue weighted by Gasteiger charge is 2.09. The Morgan fingerprint density at radius 2 is 1.92 bits per heavy atom. The zero-order chi connectivity index (χ0) is 17.1. The van der Waals surface area contributed by atoms with Crippen LogP contribution in [0, 0.1) is 0 Å². The van der Waals surface area contributed by atoms with Crippen molar-refractivity contribution in [3.63, 3.8) is 0 Å². The molecule has 4 rings (SSSR count). The lowest BCUT2D eigenvalue weighted by Gasteiger charge is -2.07. The molecule has 0 amide bonds. The molecule has 0 radical (unpaired) electrons. The van der Waals surface area contributed by atoms with Gasteiger partial charge in [-0.3, -0.25) is 5.43 Å². The molecule has 4 aromatic rings. The minimum Gasteiger partial charge on any atom is -0.493 e. The van der Waals surface area contributed by atoms with Gasteiger partial charge in [-0.2, -0.15) is 9.62 Å². The van der Waals surface area contributed by atoms with Crippen LogP contribution in [0.5, 0.6) is 5.75 Å². The summed E-state index contributed by atoms with van der Waals surface area (Å²) < 4.78 is 7.24. The first-order chi connectivity index (χ1) is 12.4. The molecule has 2 aromatic carbocycles. The van der Waals surface area contributed by atoms with Gasteiger partial charge in [0.15, 0.2) is 11.5 Å². The molecule has 0 spiro atoms. The van der Waals surface area contributed by atoms with Crippen molar-refractivity contribution in [2.45, 2.75) is 6.92 Å². The Bertz CT molecular complexity index is 1060. The Kier molecular flexibility index (Phi) is 3.96. The van der Waals surface area contributed by atoms with E-state index in [1.807, 2.05) is 55.5 Å². The van der Waals surface area contributed by atoms with Crippen molar-refractivity contribution in [2.75, 3.05) is 12.0 Å². The van der Waals surface area contributed by atoms with Crippen molar-refractivity contribution >= 4 is 28.5 Å². The van der Waals surface area contributed by atoms with E-state index in [0.717, 1.165) is 22.1 Å². The molecule has 1 N–H and O–H groups in total. The Labute approximate surface area is 144 Å². The van der Waals surface area contributed by atoms with Crippen molar-refractivity contribution in [1.29, 1.82) is 0 Å². The lowest BCUT2D eigenvalue weighted by molar-refractivity contribution is 0.340. The average Bonchev–Trinajstić information content (AvgIpc) is 3.12. The highest BCUT2D eigenvalue weighted by molar-refractivity contribution is 6.00. The number of anilines is 1. The molecule has 0 atom stereocenters. The van der Waals surface area contributed by atoms with Crippen molar-refractivity contribution < 1.29 is 4.74 Å². The quantitative estimate of drug-likeness (QED) is 0.449. The number of para-hydroxylation sites is 1. The first-order valence-corrected chi connectivity index (χ1v) is 7.96. The maximum Gasteiger partial charge on any atom is 0.185 e. The molecule has 0 aliphatic heterocycles. The number of benzene rings is 2. The number of hydrogen-bond donors (Lipinski definition) is 1. The molecule has 7 nitrogen and oxygen atoms in total. The third kappa shape index (κ3) is 2.87. The number of hydrogen-bond acceptors (Lipinski definition) is 6. The normalized spacial score (nSPS) is 11.4. The standard InChI is InChI=1S/C18H16N6O/c1-2-25-16-10-6-3-7-13(16)11-19-21-17-14-8-4-5-9-15(14)18-22-20-12-24(18)23-17/h3-12H,2H2,1H3,(H,21,23). The fourth-order valence-electron chi connectivity index (χ4n) is 2.65. The molecule has 0 saturated carbocycles. The Hall–Kier alpha value is -3.48. The first kappa shape index (κ1) is 15.1. The van der Waals surface area contributed by atoms with Gasteiger partial charge in [-0.05, 0) is 19.1 Å². The summed E-state index contributed by atoms with van der Waals surface area (Å²) in [5, 5.41) is 18.7. The van der Waals surface area contributed by atoms with Gasteiger partial charge in [-0.1, -0.05) is 36.4 Å². The summed E-state index contributed by atoms with van der Waals surface area (Å²) in [6, 6.07) is 15.6. The van der Waals surface area contributed by atoms with Gasteiger partial charge < -0.3 is 4.74 Å². The summed E-state index contributed by atoms with van der Waals surface area (Å²) in [6.45, 7) is 2.56. The van der Waals surface area contributed by atoms with Gasteiger partial charge in [-0.25, -0.2) is 0 Å². The monoisotopic (exact) mass is 332 g/mol. The zero-order valence-electron chi connectivity index (χ0n) is 13.6. The molecule has 0 saturated heterocycles. The van der Waals surface area contributed by atoms with Gasteiger partial charge in [0.2, 0.25) is 0 Å². The number of hydrazone groups is 1. The maximum atomic E-state index is 5.60. The Balaban J connectivity index is 1.69. The summed E-state index contributed by atoms with van der Waals surface area (Å²) in [6.07, 6.45) is 3.29. The van der Waals surface area contributed by atoms with Crippen LogP contribution in [-0.2, 0) is 0 Å². The summed E-state index contributed by atoms with van der Waals surface area (Å²) in [5.74, 6) is 1.43. The molecule has 0 fully saturated rings. The van der Waals surface area contributed by atoms with E-state index >= 15 is 0 Å². The third-order valence-corrected chi connectivity index (χ3v) is 3.75. The van der Waals surface area contributed by atoms with Crippen LogP contribution < -0.4 is 10.2 Å². The van der Waals surface area contributed by atoms with Crippen LogP contribution in [0.2, 0.25) is 0 Å². The predicted octanol–water partition coefficient (Wildman–Crippen LogP) is 3.12. The van der Waals surface area contributed by atoms with Gasteiger partial charge in [0.05, 0.1) is 12.8 Å². The largest absolute Gasteiger partial charge is 0.493 e. The second-order valence-electron chi connectivity index (χ2n) is 5.33. The molecule has 124 valence electrons. The van der Waals surface area contributed by atoms with Crippen LogP contribution in [0.25, 0.3) is 16.4 Å². The van der Waals surface area contributed by atoms with Crippen LogP contribution in [0.4, 0.5) is 5.82 Å². The number of aromatic nitrogens is 4. The van der Waals surface area contributed by atoms with Gasteiger partial charge >= 0.3 is 0 Å². The van der Waals surface area contributed by atoms with Crippen molar-refractivity contribution in [3.8, 4) is 5.75 Å². The second-order valence-corrected chi connectivity index (χ2v) is 5.33. The molecule has 2 aromatic heterocycles. The van der Waals surface area contributed by atoms with Gasteiger partial charge in [0.1, 0.15) is 12.1 Å². The average molecular weight is 332 g/mol. The topological polar surface area (TPSA) is 76.7 Å². The van der Waals surface area contributed by atoms with Crippen molar-refractivity contribution in [1.82, 2.24) is 19.8 Å². The van der Waals surface area contributed by atoms with E-state index in [1.54, 1.807) is 17.1 Å². The molecule has 0 aliphatic rings. The maximum absolute atomic E-state index is 5.60. The lowest BCUT2D eigenvalue weighted by Crippen LogP contribution is -2.01. The predicted molar refractivity (Wildman–Crippen MR) is 97.1 cm³/mol. The van der Waals surface area contributed by atoms with E-state index in [2.05, 4.69) is 25.8 Å². The Morgan fingerprint density at radius 3 is 2.80 bits per heavy atom. The SMILES string of the molecule is CCOc1ccccc1C=NNc1nn2cnnc2c2ccccc12. The third-order valence-electron chi connectivity index (χ3n) is 3.75. The van der Waals surface area contributed by atoms with E-state index in [1.165, 1.54) is 0 Å². The highest BCUT2D eigenvalue weighted by Crippen LogP contribution is 2.24. The molecule has 25 heavy (non-hydrogen) atoms. The minimum atomic E-state index is 0.606. The van der Waals surface area contributed by atoms with E-state index in [0.29, 0.717) is 18.1 Å². The minimum absolute atomic E-state index is 0.606. The zero-order valence-corrected chi connectivity index (χ0v) is 13.6. The molecular formula is C18H16N6O. The number of fused-ring (bicyclic) bond motifs is 3. The summed E-state index contributed by atoms with van der Waals surface area (Å²) in [5.41, 5.74) is 4.62. The fraction of sp³-hybridized carbons (Fsp3) is 0.111. The van der Waals surface area contributed by atoms with E-state index in [-0.39, 0.29) is 0 Å². The van der Waals surface area contributed by atoms with Gasteiger partial charge in [0, 0.05) is 16.3 Å². The van der Waals surface area contributed by atoms with E-state index in [4.69, 9.17) is 4.74 Å². The van der Waals surface area contributed by atoms with Crippen LogP contribution in [-0.4, -0.2) is 32.6 Å². The number of nitrogens with zero attached hydrogens (tertiary/aromatic N) is 5. The molecular weight excluding hydrogens is 316 g/mol. The number of nitrogens with one attached hydrogen (secondary N) is 1. The van der Waals surface area contributed by atoms with E-state index < -0.39 is 0 Å². The summed E-state index contributed by atoms with van der Waals surface area (Å²) in [7, 11) is 0. The molecule has 0 unspecified atom stereocenters. The highest BCUT2D eigenvalue weighted by atomic mass is 16.5. The Morgan fingerprint density at radius 1 is 1.12 bits per heavy atom. The first-order valence-electron chi connectivity index (χ1n) is 7.96. The number of ether oxygens (including phenoxy) is 1. The molecule has 0 bridgehead atoms.